The molecule has 0 aliphatic carbocycles. The Labute approximate surface area is 123 Å². The lowest BCUT2D eigenvalue weighted by molar-refractivity contribution is 0.0314. The van der Waals surface area contributed by atoms with E-state index in [9.17, 15) is 12.8 Å². The minimum Gasteiger partial charge on any atom is -0.492 e. The maximum atomic E-state index is 13.9. The zero-order valence-electron chi connectivity index (χ0n) is 12.0. The van der Waals surface area contributed by atoms with Gasteiger partial charge < -0.3 is 15.2 Å². The van der Waals surface area contributed by atoms with Gasteiger partial charge in [0.1, 0.15) is 0 Å². The van der Waals surface area contributed by atoms with Gasteiger partial charge in [0.25, 0.3) is 0 Å². The van der Waals surface area contributed by atoms with E-state index in [0.717, 1.165) is 6.07 Å². The lowest BCUT2D eigenvalue weighted by Gasteiger charge is -2.34. The number of morpholine rings is 1. The maximum Gasteiger partial charge on any atom is 0.243 e. The molecule has 0 spiro atoms. The van der Waals surface area contributed by atoms with Crippen LogP contribution in [-0.4, -0.2) is 45.6 Å². The van der Waals surface area contributed by atoms with Crippen LogP contribution in [0.2, 0.25) is 0 Å². The normalized spacial score (nSPS) is 20.4. The number of nitrogens with zero attached hydrogens (tertiary/aromatic N) is 1. The van der Waals surface area contributed by atoms with Gasteiger partial charge >= 0.3 is 0 Å². The fourth-order valence-corrected chi connectivity index (χ4v) is 4.08. The number of hydrogen-bond acceptors (Lipinski definition) is 5. The zero-order valence-corrected chi connectivity index (χ0v) is 12.8. The van der Waals surface area contributed by atoms with Crippen molar-refractivity contribution in [2.75, 3.05) is 32.6 Å². The molecule has 1 saturated heterocycles. The van der Waals surface area contributed by atoms with Crippen LogP contribution in [0.25, 0.3) is 0 Å². The first-order valence-electron chi connectivity index (χ1n) is 6.64. The van der Waals surface area contributed by atoms with Gasteiger partial charge in [-0.25, -0.2) is 12.8 Å². The van der Waals surface area contributed by atoms with Crippen molar-refractivity contribution in [3.05, 3.63) is 17.9 Å². The third-order valence-electron chi connectivity index (χ3n) is 3.50. The quantitative estimate of drug-likeness (QED) is 0.844. The standard InChI is InChI=1S/C13H19FN2O4S/c1-3-9-8-20-5-4-16(9)21(17,18)10-6-11(14)13(19-2)12(15)7-10/h6-7,9H,3-5,8,15H2,1-2H3. The van der Waals surface area contributed by atoms with Gasteiger partial charge in [-0.1, -0.05) is 6.92 Å². The highest BCUT2D eigenvalue weighted by molar-refractivity contribution is 7.89. The fourth-order valence-electron chi connectivity index (χ4n) is 2.37. The summed E-state index contributed by atoms with van der Waals surface area (Å²) in [5.41, 5.74) is 5.61. The van der Waals surface area contributed by atoms with E-state index in [1.165, 1.54) is 17.5 Å². The van der Waals surface area contributed by atoms with E-state index in [0.29, 0.717) is 19.6 Å². The number of benzene rings is 1. The first-order valence-corrected chi connectivity index (χ1v) is 8.08. The zero-order chi connectivity index (χ0) is 15.6. The first kappa shape index (κ1) is 16.0. The predicted octanol–water partition coefficient (Wildman–Crippen LogP) is 1.22. The smallest absolute Gasteiger partial charge is 0.243 e. The average Bonchev–Trinajstić information content (AvgIpc) is 2.46. The van der Waals surface area contributed by atoms with E-state index in [2.05, 4.69) is 0 Å². The summed E-state index contributed by atoms with van der Waals surface area (Å²) in [5.74, 6) is -0.944. The van der Waals surface area contributed by atoms with Crippen LogP contribution in [0.15, 0.2) is 17.0 Å². The summed E-state index contributed by atoms with van der Waals surface area (Å²) in [6.45, 7) is 2.78. The second kappa shape index (κ2) is 6.17. The Hall–Kier alpha value is -1.38. The van der Waals surface area contributed by atoms with Crippen molar-refractivity contribution in [3.63, 3.8) is 0 Å². The molecule has 1 heterocycles. The van der Waals surface area contributed by atoms with Crippen molar-refractivity contribution in [2.24, 2.45) is 0 Å². The number of nitrogens with two attached hydrogens (primary N) is 1. The molecule has 6 nitrogen and oxygen atoms in total. The predicted molar refractivity (Wildman–Crippen MR) is 76.2 cm³/mol. The first-order chi connectivity index (χ1) is 9.91. The number of ether oxygens (including phenoxy) is 2. The molecule has 2 N–H and O–H groups in total. The molecule has 0 saturated carbocycles. The minimum absolute atomic E-state index is 0.0441. The number of sulfonamides is 1. The van der Waals surface area contributed by atoms with E-state index in [1.807, 2.05) is 6.92 Å². The van der Waals surface area contributed by atoms with Gasteiger partial charge in [0.2, 0.25) is 10.0 Å². The summed E-state index contributed by atoms with van der Waals surface area (Å²) < 4.78 is 50.7. The molecule has 1 aliphatic rings. The molecule has 0 bridgehead atoms. The monoisotopic (exact) mass is 318 g/mol. The van der Waals surface area contributed by atoms with Gasteiger partial charge in [0.05, 0.1) is 30.9 Å². The fraction of sp³-hybridized carbons (Fsp3) is 0.538. The molecule has 2 rings (SSSR count). The summed E-state index contributed by atoms with van der Waals surface area (Å²) in [7, 11) is -2.54. The molecule has 1 unspecified atom stereocenters. The Morgan fingerprint density at radius 1 is 1.52 bits per heavy atom. The molecule has 0 aromatic heterocycles. The molecule has 21 heavy (non-hydrogen) atoms. The lowest BCUT2D eigenvalue weighted by atomic mass is 10.2. The van der Waals surface area contributed by atoms with E-state index in [1.54, 1.807) is 0 Å². The van der Waals surface area contributed by atoms with Crippen LogP contribution in [0.1, 0.15) is 13.3 Å². The van der Waals surface area contributed by atoms with E-state index in [4.69, 9.17) is 15.2 Å². The molecule has 1 aromatic rings. The van der Waals surface area contributed by atoms with Crippen molar-refractivity contribution < 1.29 is 22.3 Å². The highest BCUT2D eigenvalue weighted by Crippen LogP contribution is 2.31. The maximum absolute atomic E-state index is 13.9. The molecule has 1 aromatic carbocycles. The highest BCUT2D eigenvalue weighted by atomic mass is 32.2. The molecular weight excluding hydrogens is 299 g/mol. The summed E-state index contributed by atoms with van der Waals surface area (Å²) >= 11 is 0. The lowest BCUT2D eigenvalue weighted by Crippen LogP contribution is -2.48. The molecule has 8 heteroatoms. The number of rotatable bonds is 4. The number of halogens is 1. The van der Waals surface area contributed by atoms with Gasteiger partial charge in [-0.3, -0.25) is 0 Å². The van der Waals surface area contributed by atoms with Crippen molar-refractivity contribution in [2.45, 2.75) is 24.3 Å². The van der Waals surface area contributed by atoms with Crippen molar-refractivity contribution in [3.8, 4) is 5.75 Å². The van der Waals surface area contributed by atoms with Crippen molar-refractivity contribution in [1.82, 2.24) is 4.31 Å². The van der Waals surface area contributed by atoms with Gasteiger partial charge in [0.15, 0.2) is 11.6 Å². The second-order valence-electron chi connectivity index (χ2n) is 4.78. The van der Waals surface area contributed by atoms with Crippen LogP contribution in [0.5, 0.6) is 5.75 Å². The van der Waals surface area contributed by atoms with Gasteiger partial charge in [-0.2, -0.15) is 4.31 Å². The van der Waals surface area contributed by atoms with Gasteiger partial charge in [-0.15, -0.1) is 0 Å². The SMILES string of the molecule is CCC1COCCN1S(=O)(=O)c1cc(N)c(OC)c(F)c1. The topological polar surface area (TPSA) is 81.9 Å². The summed E-state index contributed by atoms with van der Waals surface area (Å²) in [4.78, 5) is -0.168. The third-order valence-corrected chi connectivity index (χ3v) is 5.43. The van der Waals surface area contributed by atoms with Crippen LogP contribution in [0.4, 0.5) is 10.1 Å². The second-order valence-corrected chi connectivity index (χ2v) is 6.67. The molecule has 1 aliphatic heterocycles. The van der Waals surface area contributed by atoms with E-state index < -0.39 is 15.8 Å². The van der Waals surface area contributed by atoms with Gasteiger partial charge in [-0.05, 0) is 18.6 Å². The Kier molecular flexibility index (Phi) is 4.70. The number of hydrogen-bond donors (Lipinski definition) is 1. The number of nitrogen functional groups attached to an aromatic ring is 1. The minimum atomic E-state index is -3.82. The van der Waals surface area contributed by atoms with Crippen molar-refractivity contribution in [1.29, 1.82) is 0 Å². The average molecular weight is 318 g/mol. The Morgan fingerprint density at radius 2 is 2.24 bits per heavy atom. The molecule has 118 valence electrons. The van der Waals surface area contributed by atoms with Gasteiger partial charge in [0, 0.05) is 12.6 Å². The highest BCUT2D eigenvalue weighted by Gasteiger charge is 2.34. The summed E-state index contributed by atoms with van der Waals surface area (Å²) in [6.07, 6.45) is 0.618. The summed E-state index contributed by atoms with van der Waals surface area (Å²) in [6, 6.07) is 1.90. The molecule has 0 radical (unpaired) electrons. The van der Waals surface area contributed by atoms with Crippen molar-refractivity contribution >= 4 is 15.7 Å². The Bertz CT molecular complexity index is 598. The molecule has 1 fully saturated rings. The summed E-state index contributed by atoms with van der Waals surface area (Å²) in [5, 5.41) is 0. The number of methoxy groups -OCH3 is 1. The Morgan fingerprint density at radius 3 is 2.81 bits per heavy atom. The van der Waals surface area contributed by atoms with Crippen LogP contribution < -0.4 is 10.5 Å². The van der Waals surface area contributed by atoms with Crippen LogP contribution in [0.3, 0.4) is 0 Å². The van der Waals surface area contributed by atoms with Crippen LogP contribution >= 0.6 is 0 Å². The van der Waals surface area contributed by atoms with E-state index >= 15 is 0 Å². The molecule has 1 atom stereocenters. The number of anilines is 1. The van der Waals surface area contributed by atoms with E-state index in [-0.39, 0.29) is 28.9 Å². The molecule has 0 amide bonds. The Balaban J connectivity index is 2.44. The van der Waals surface area contributed by atoms with Crippen LogP contribution in [0, 0.1) is 5.82 Å². The molecular formula is C13H19FN2O4S. The largest absolute Gasteiger partial charge is 0.492 e. The third kappa shape index (κ3) is 2.97. The van der Waals surface area contributed by atoms with Crippen LogP contribution in [-0.2, 0) is 14.8 Å².